The van der Waals surface area contributed by atoms with Crippen LogP contribution < -0.4 is 9.80 Å². The number of anilines is 6. The number of nitrogens with zero attached hydrogens (tertiary/aromatic N) is 2. The van der Waals surface area contributed by atoms with Gasteiger partial charge in [-0.3, -0.25) is 0 Å². The van der Waals surface area contributed by atoms with Gasteiger partial charge in [0.05, 0.1) is 28.4 Å². The third kappa shape index (κ3) is 8.13. The average Bonchev–Trinajstić information content (AvgIpc) is 1.74. The van der Waals surface area contributed by atoms with Crippen LogP contribution in [0.5, 0.6) is 0 Å². The molecule has 0 aliphatic heterocycles. The van der Waals surface area contributed by atoms with Crippen LogP contribution in [0.4, 0.5) is 34.1 Å². The largest absolute Gasteiger partial charge is 0.455 e. The smallest absolute Gasteiger partial charge is 0.159 e. The fourth-order valence-corrected chi connectivity index (χ4v) is 14.6. The van der Waals surface area contributed by atoms with Gasteiger partial charge in [0.15, 0.2) is 11.2 Å². The summed E-state index contributed by atoms with van der Waals surface area (Å²) >= 11 is 0. The third-order valence-corrected chi connectivity index (χ3v) is 18.7. The second kappa shape index (κ2) is 20.6. The number of rotatable bonds is 10. The van der Waals surface area contributed by atoms with E-state index in [1.165, 1.54) is 41.5 Å². The van der Waals surface area contributed by atoms with Crippen molar-refractivity contribution >= 4 is 121 Å². The van der Waals surface area contributed by atoms with Crippen LogP contribution in [0.25, 0.3) is 121 Å². The lowest BCUT2D eigenvalue weighted by Crippen LogP contribution is -2.15. The van der Waals surface area contributed by atoms with Gasteiger partial charge in [0, 0.05) is 76.2 Å². The van der Waals surface area contributed by atoms with Gasteiger partial charge in [-0.1, -0.05) is 244 Å². The van der Waals surface area contributed by atoms with Crippen LogP contribution in [0.15, 0.2) is 274 Å². The lowest BCUT2D eigenvalue weighted by Gasteiger charge is -2.32. The molecule has 0 bridgehead atoms. The summed E-state index contributed by atoms with van der Waals surface area (Å²) in [5.41, 5.74) is 21.7. The maximum absolute atomic E-state index is 7.46. The molecule has 3 aromatic heterocycles. The molecular formula is C82H60N2O3. The molecule has 16 aromatic rings. The summed E-state index contributed by atoms with van der Waals surface area (Å²) in [5.74, 6) is 0.411. The highest BCUT2D eigenvalue weighted by Gasteiger charge is 2.31. The monoisotopic (exact) mass is 1120 g/mol. The van der Waals surface area contributed by atoms with Crippen molar-refractivity contribution in [2.24, 2.45) is 0 Å². The van der Waals surface area contributed by atoms with E-state index in [9.17, 15) is 0 Å². The van der Waals surface area contributed by atoms with Gasteiger partial charge in [-0.15, -0.1) is 0 Å². The van der Waals surface area contributed by atoms with Crippen molar-refractivity contribution in [2.75, 3.05) is 9.80 Å². The van der Waals surface area contributed by atoms with E-state index in [2.05, 4.69) is 285 Å². The number of hydrogen-bond acceptors (Lipinski definition) is 5. The quantitative estimate of drug-likeness (QED) is 0.137. The summed E-state index contributed by atoms with van der Waals surface area (Å²) in [6.45, 7) is 4.36. The molecule has 1 aliphatic rings. The van der Waals surface area contributed by atoms with Crippen LogP contribution in [0.1, 0.15) is 54.7 Å². The highest BCUT2D eigenvalue weighted by atomic mass is 16.3. The van der Waals surface area contributed by atoms with Crippen molar-refractivity contribution in [3.05, 3.63) is 278 Å². The molecule has 1 aliphatic carbocycles. The molecule has 13 aromatic carbocycles. The third-order valence-electron chi connectivity index (χ3n) is 18.7. The van der Waals surface area contributed by atoms with Crippen LogP contribution in [0.2, 0.25) is 0 Å². The number of aryl methyl sites for hydroxylation is 2. The molecular weight excluding hydrogens is 1060 g/mol. The predicted octanol–water partition coefficient (Wildman–Crippen LogP) is 24.3. The molecule has 0 saturated heterocycles. The zero-order valence-corrected chi connectivity index (χ0v) is 48.6. The van der Waals surface area contributed by atoms with Gasteiger partial charge >= 0.3 is 0 Å². The summed E-state index contributed by atoms with van der Waals surface area (Å²) < 4.78 is 22.3. The zero-order chi connectivity index (χ0) is 57.7. The van der Waals surface area contributed by atoms with Crippen LogP contribution in [-0.2, 0) is 0 Å². The summed E-state index contributed by atoms with van der Waals surface area (Å²) in [6.07, 6.45) is 6.02. The van der Waals surface area contributed by atoms with Gasteiger partial charge < -0.3 is 23.1 Å². The van der Waals surface area contributed by atoms with Crippen molar-refractivity contribution in [1.29, 1.82) is 0 Å². The Morgan fingerprint density at radius 3 is 1.17 bits per heavy atom. The number of fused-ring (bicyclic) bond motifs is 13. The van der Waals surface area contributed by atoms with Crippen LogP contribution in [-0.4, -0.2) is 0 Å². The summed E-state index contributed by atoms with van der Waals surface area (Å²) in [5, 5.41) is 10.5. The number of benzene rings is 13. The zero-order valence-electron chi connectivity index (χ0n) is 48.6. The van der Waals surface area contributed by atoms with Gasteiger partial charge in [-0.25, -0.2) is 0 Å². The van der Waals surface area contributed by atoms with E-state index >= 15 is 0 Å². The first-order chi connectivity index (χ1) is 43.0. The van der Waals surface area contributed by atoms with E-state index in [4.69, 9.17) is 13.3 Å². The Bertz CT molecular complexity index is 5390. The number of hydrogen-bond donors (Lipinski definition) is 0. The maximum Gasteiger partial charge on any atom is 0.159 e. The van der Waals surface area contributed by atoms with Crippen LogP contribution in [0, 0.1) is 13.8 Å². The molecule has 0 amide bonds. The highest BCUT2D eigenvalue weighted by Crippen LogP contribution is 2.54. The Kier molecular flexibility index (Phi) is 12.0. The Morgan fingerprint density at radius 2 is 0.632 bits per heavy atom. The molecule has 0 spiro atoms. The Balaban J connectivity index is 0.964. The van der Waals surface area contributed by atoms with Crippen molar-refractivity contribution in [1.82, 2.24) is 0 Å². The number of para-hydroxylation sites is 6. The Hall–Kier alpha value is -10.6. The molecule has 17 rings (SSSR count). The topological polar surface area (TPSA) is 45.9 Å². The molecule has 3 heterocycles. The second-order valence-electron chi connectivity index (χ2n) is 23.7. The minimum atomic E-state index is 0.411. The van der Waals surface area contributed by atoms with Crippen LogP contribution >= 0.6 is 0 Å². The van der Waals surface area contributed by atoms with E-state index in [0.29, 0.717) is 5.92 Å². The van der Waals surface area contributed by atoms with Gasteiger partial charge in [0.25, 0.3) is 0 Å². The van der Waals surface area contributed by atoms with Gasteiger partial charge in [-0.2, -0.15) is 0 Å². The predicted molar refractivity (Wildman–Crippen MR) is 364 cm³/mol. The van der Waals surface area contributed by atoms with E-state index in [1.54, 1.807) is 0 Å². The molecule has 416 valence electrons. The minimum absolute atomic E-state index is 0.411. The summed E-state index contributed by atoms with van der Waals surface area (Å²) in [6, 6.07) is 94.8. The van der Waals surface area contributed by atoms with Crippen molar-refractivity contribution in [3.8, 4) is 33.4 Å². The Labute approximate surface area is 504 Å². The van der Waals surface area contributed by atoms with Gasteiger partial charge in [-0.05, 0) is 102 Å². The van der Waals surface area contributed by atoms with Crippen LogP contribution in [0.3, 0.4) is 0 Å². The normalized spacial score (nSPS) is 13.1. The fraction of sp³-hybridized carbons (Fsp3) is 0.0976. The van der Waals surface area contributed by atoms with E-state index < -0.39 is 0 Å². The van der Waals surface area contributed by atoms with E-state index in [-0.39, 0.29) is 0 Å². The molecule has 1 saturated carbocycles. The molecule has 0 unspecified atom stereocenters. The summed E-state index contributed by atoms with van der Waals surface area (Å²) in [4.78, 5) is 4.98. The first-order valence-corrected chi connectivity index (χ1v) is 30.7. The Morgan fingerprint density at radius 1 is 0.264 bits per heavy atom. The van der Waals surface area contributed by atoms with Gasteiger partial charge in [0.2, 0.25) is 0 Å². The van der Waals surface area contributed by atoms with Crippen molar-refractivity contribution < 1.29 is 13.3 Å². The van der Waals surface area contributed by atoms with Crippen molar-refractivity contribution in [3.63, 3.8) is 0 Å². The standard InChI is InChI=1S/C82H60N2O3/c1-51-25-9-11-31-55(51)61-39-21-41-65-67-43-23-47-73(81(67)86-77(61)65)83(71-45-19-17-33-57(71)53-27-5-3-6-28-53)75-49-69-70-50-76(60-36-14-16-38-64(60)80(70)85-79(69)63-37-15-13-35-59(63)75)84(72-46-20-18-34-58(72)54-29-7-4-8-30-54)74-48-24-44-68-66-42-22-40-62(78(66)87-82(68)74)56-32-12-10-26-52(56)2/h3,5-6,9-28,31-50,54H,4,7-8,29-30H2,1-2H3. The second-order valence-corrected chi connectivity index (χ2v) is 23.7. The lowest BCUT2D eigenvalue weighted by molar-refractivity contribution is 0.444. The molecule has 0 atom stereocenters. The molecule has 5 nitrogen and oxygen atoms in total. The lowest BCUT2D eigenvalue weighted by atomic mass is 9.83. The van der Waals surface area contributed by atoms with E-state index in [1.807, 2.05) is 0 Å². The molecule has 0 radical (unpaired) electrons. The minimum Gasteiger partial charge on any atom is -0.455 e. The van der Waals surface area contributed by atoms with Gasteiger partial charge in [0.1, 0.15) is 22.3 Å². The number of furan rings is 3. The molecule has 87 heavy (non-hydrogen) atoms. The molecule has 5 heteroatoms. The van der Waals surface area contributed by atoms with E-state index in [0.717, 1.165) is 162 Å². The molecule has 1 fully saturated rings. The highest BCUT2D eigenvalue weighted by molar-refractivity contribution is 6.27. The SMILES string of the molecule is Cc1ccccc1-c1cccc2c1oc1c(N(c3ccccc3-c3ccccc3)c3cc4c5cc(N(c6ccccc6C6CCCCC6)c6cccc7c6oc6c(-c8ccccc8C)cccc67)c6ccccc6c5oc4c4ccccc34)cccc12. The first kappa shape index (κ1) is 50.9. The molecule has 0 N–H and O–H groups in total. The first-order valence-electron chi connectivity index (χ1n) is 30.7. The van der Waals surface area contributed by atoms with Crippen molar-refractivity contribution in [2.45, 2.75) is 51.9 Å². The summed E-state index contributed by atoms with van der Waals surface area (Å²) in [7, 11) is 0. The maximum atomic E-state index is 7.46. The average molecular weight is 1120 g/mol. The fourth-order valence-electron chi connectivity index (χ4n) is 14.6.